The summed E-state index contributed by atoms with van der Waals surface area (Å²) in [5.41, 5.74) is 0.687. The van der Waals surface area contributed by atoms with Crippen LogP contribution < -0.4 is 15.3 Å². The molecule has 1 aromatic carbocycles. The molecule has 0 heterocycles. The predicted octanol–water partition coefficient (Wildman–Crippen LogP) is 1.65. The van der Waals surface area contributed by atoms with Gasteiger partial charge in [-0.25, -0.2) is 0 Å². The van der Waals surface area contributed by atoms with Gasteiger partial charge in [-0.2, -0.15) is 5.10 Å². The van der Waals surface area contributed by atoms with Crippen LogP contribution in [0.15, 0.2) is 17.2 Å². The second-order valence-electron chi connectivity index (χ2n) is 2.48. The number of hydrazone groups is 1. The van der Waals surface area contributed by atoms with E-state index in [1.807, 2.05) is 0 Å². The molecule has 0 spiro atoms. The molecule has 0 bridgehead atoms. The van der Waals surface area contributed by atoms with Gasteiger partial charge in [0, 0.05) is 5.56 Å². The summed E-state index contributed by atoms with van der Waals surface area (Å²) >= 11 is 6.02. The van der Waals surface area contributed by atoms with Crippen molar-refractivity contribution in [3.63, 3.8) is 0 Å². The van der Waals surface area contributed by atoms with Gasteiger partial charge < -0.3 is 15.3 Å². The molecule has 4 nitrogen and oxygen atoms in total. The van der Waals surface area contributed by atoms with Gasteiger partial charge in [0.15, 0.2) is 11.5 Å². The molecule has 1 aromatic rings. The molecule has 76 valence electrons. The third kappa shape index (κ3) is 1.90. The summed E-state index contributed by atoms with van der Waals surface area (Å²) in [4.78, 5) is 0. The van der Waals surface area contributed by atoms with E-state index in [2.05, 4.69) is 5.10 Å². The molecule has 5 heteroatoms. The standard InChI is InChI=1S/C9H11ClN2O2/c1-13-7-4-3-6(5-12-11)8(10)9(7)14-2/h3-5H,11H2,1-2H3/b12-5+. The summed E-state index contributed by atoms with van der Waals surface area (Å²) in [5.74, 6) is 6.08. The van der Waals surface area contributed by atoms with Crippen LogP contribution in [-0.2, 0) is 0 Å². The first kappa shape index (κ1) is 10.7. The van der Waals surface area contributed by atoms with E-state index < -0.39 is 0 Å². The molecular formula is C9H11ClN2O2. The number of halogens is 1. The van der Waals surface area contributed by atoms with Crippen molar-refractivity contribution in [1.29, 1.82) is 0 Å². The van der Waals surface area contributed by atoms with Gasteiger partial charge in [-0.3, -0.25) is 0 Å². The Balaban J connectivity index is 3.27. The van der Waals surface area contributed by atoms with Crippen molar-refractivity contribution >= 4 is 17.8 Å². The number of nitrogens with two attached hydrogens (primary N) is 1. The first-order valence-corrected chi connectivity index (χ1v) is 4.26. The zero-order chi connectivity index (χ0) is 10.6. The number of nitrogens with zero attached hydrogens (tertiary/aromatic N) is 1. The molecule has 0 aliphatic heterocycles. The Bertz CT molecular complexity index is 353. The SMILES string of the molecule is COc1ccc(/C=N/N)c(Cl)c1OC. The summed E-state index contributed by atoms with van der Waals surface area (Å²) in [6.07, 6.45) is 1.45. The quantitative estimate of drug-likeness (QED) is 0.473. The lowest BCUT2D eigenvalue weighted by Crippen LogP contribution is -1.95. The van der Waals surface area contributed by atoms with E-state index in [0.29, 0.717) is 22.1 Å². The van der Waals surface area contributed by atoms with Gasteiger partial charge in [-0.15, -0.1) is 0 Å². The van der Waals surface area contributed by atoms with E-state index in [1.165, 1.54) is 13.3 Å². The molecule has 0 unspecified atom stereocenters. The van der Waals surface area contributed by atoms with Crippen LogP contribution in [0, 0.1) is 0 Å². The first-order valence-electron chi connectivity index (χ1n) is 3.88. The van der Waals surface area contributed by atoms with Crippen molar-refractivity contribution in [3.8, 4) is 11.5 Å². The van der Waals surface area contributed by atoms with Gasteiger partial charge in [0.2, 0.25) is 0 Å². The highest BCUT2D eigenvalue weighted by molar-refractivity contribution is 6.34. The summed E-state index contributed by atoms with van der Waals surface area (Å²) in [6.45, 7) is 0. The lowest BCUT2D eigenvalue weighted by Gasteiger charge is -2.10. The monoisotopic (exact) mass is 214 g/mol. The Morgan fingerprint density at radius 3 is 2.57 bits per heavy atom. The molecule has 2 N–H and O–H groups in total. The van der Waals surface area contributed by atoms with E-state index in [4.69, 9.17) is 26.9 Å². The van der Waals surface area contributed by atoms with Crippen molar-refractivity contribution in [3.05, 3.63) is 22.7 Å². The zero-order valence-electron chi connectivity index (χ0n) is 7.95. The highest BCUT2D eigenvalue weighted by Crippen LogP contribution is 2.36. The molecule has 0 saturated carbocycles. The van der Waals surface area contributed by atoms with E-state index >= 15 is 0 Å². The number of rotatable bonds is 3. The zero-order valence-corrected chi connectivity index (χ0v) is 8.71. The lowest BCUT2D eigenvalue weighted by molar-refractivity contribution is 0.355. The number of hydrogen-bond donors (Lipinski definition) is 1. The Kier molecular flexibility index (Phi) is 3.59. The Labute approximate surface area is 87.3 Å². The van der Waals surface area contributed by atoms with Crippen molar-refractivity contribution in [2.24, 2.45) is 10.9 Å². The predicted molar refractivity (Wildman–Crippen MR) is 56.3 cm³/mol. The summed E-state index contributed by atoms with van der Waals surface area (Å²) in [6, 6.07) is 3.49. The first-order chi connectivity index (χ1) is 6.74. The number of hydrogen-bond acceptors (Lipinski definition) is 4. The maximum atomic E-state index is 6.02. The maximum absolute atomic E-state index is 6.02. The van der Waals surface area contributed by atoms with Crippen molar-refractivity contribution < 1.29 is 9.47 Å². The summed E-state index contributed by atoms with van der Waals surface area (Å²) < 4.78 is 10.2. The molecule has 0 fully saturated rings. The summed E-state index contributed by atoms with van der Waals surface area (Å²) in [5, 5.41) is 3.82. The molecule has 0 amide bonds. The van der Waals surface area contributed by atoms with Crippen molar-refractivity contribution in [2.75, 3.05) is 14.2 Å². The van der Waals surface area contributed by atoms with Gasteiger partial charge in [0.05, 0.1) is 25.5 Å². The third-order valence-electron chi connectivity index (χ3n) is 1.73. The molecular weight excluding hydrogens is 204 g/mol. The van der Waals surface area contributed by atoms with Crippen LogP contribution in [0.5, 0.6) is 11.5 Å². The summed E-state index contributed by atoms with van der Waals surface area (Å²) in [7, 11) is 3.07. The molecule has 0 saturated heterocycles. The average molecular weight is 215 g/mol. The smallest absolute Gasteiger partial charge is 0.180 e. The van der Waals surface area contributed by atoms with Crippen LogP contribution in [0.4, 0.5) is 0 Å². The van der Waals surface area contributed by atoms with Crippen LogP contribution in [0.3, 0.4) is 0 Å². The van der Waals surface area contributed by atoms with Gasteiger partial charge >= 0.3 is 0 Å². The highest BCUT2D eigenvalue weighted by Gasteiger charge is 2.11. The minimum Gasteiger partial charge on any atom is -0.493 e. The van der Waals surface area contributed by atoms with E-state index in [1.54, 1.807) is 19.2 Å². The number of benzene rings is 1. The fraction of sp³-hybridized carbons (Fsp3) is 0.222. The van der Waals surface area contributed by atoms with Crippen LogP contribution in [0.1, 0.15) is 5.56 Å². The van der Waals surface area contributed by atoms with Gasteiger partial charge in [-0.05, 0) is 12.1 Å². The topological polar surface area (TPSA) is 56.8 Å². The van der Waals surface area contributed by atoms with Crippen LogP contribution in [-0.4, -0.2) is 20.4 Å². The van der Waals surface area contributed by atoms with E-state index in [0.717, 1.165) is 0 Å². The van der Waals surface area contributed by atoms with Crippen LogP contribution in [0.2, 0.25) is 5.02 Å². The average Bonchev–Trinajstić information content (AvgIpc) is 2.21. The molecule has 0 aromatic heterocycles. The maximum Gasteiger partial charge on any atom is 0.180 e. The third-order valence-corrected chi connectivity index (χ3v) is 2.12. The fourth-order valence-corrected chi connectivity index (χ4v) is 1.37. The second-order valence-corrected chi connectivity index (χ2v) is 2.86. The molecule has 0 aliphatic carbocycles. The normalized spacial score (nSPS) is 10.5. The number of methoxy groups -OCH3 is 2. The Hall–Kier alpha value is -1.42. The molecule has 1 rings (SSSR count). The van der Waals surface area contributed by atoms with Crippen LogP contribution in [0.25, 0.3) is 0 Å². The Morgan fingerprint density at radius 1 is 1.36 bits per heavy atom. The molecule has 0 atom stereocenters. The number of ether oxygens (including phenoxy) is 2. The molecule has 0 aliphatic rings. The lowest BCUT2D eigenvalue weighted by atomic mass is 10.2. The minimum absolute atomic E-state index is 0.432. The fourth-order valence-electron chi connectivity index (χ4n) is 1.08. The van der Waals surface area contributed by atoms with Crippen LogP contribution >= 0.6 is 11.6 Å². The van der Waals surface area contributed by atoms with Crippen molar-refractivity contribution in [2.45, 2.75) is 0 Å². The van der Waals surface area contributed by atoms with Gasteiger partial charge in [0.25, 0.3) is 0 Å². The van der Waals surface area contributed by atoms with Gasteiger partial charge in [0.1, 0.15) is 0 Å². The van der Waals surface area contributed by atoms with Gasteiger partial charge in [-0.1, -0.05) is 11.6 Å². The molecule has 14 heavy (non-hydrogen) atoms. The minimum atomic E-state index is 0.432. The van der Waals surface area contributed by atoms with E-state index in [-0.39, 0.29) is 0 Å². The van der Waals surface area contributed by atoms with Crippen molar-refractivity contribution in [1.82, 2.24) is 0 Å². The van der Waals surface area contributed by atoms with E-state index in [9.17, 15) is 0 Å². The highest BCUT2D eigenvalue weighted by atomic mass is 35.5. The Morgan fingerprint density at radius 2 is 2.07 bits per heavy atom. The second kappa shape index (κ2) is 4.72. The molecule has 0 radical (unpaired) electrons. The largest absolute Gasteiger partial charge is 0.493 e.